The first-order valence-electron chi connectivity index (χ1n) is 7.54. The zero-order chi connectivity index (χ0) is 18.9. The number of rotatable bonds is 4. The van der Waals surface area contributed by atoms with Crippen LogP contribution in [0.15, 0.2) is 50.8 Å². The van der Waals surface area contributed by atoms with Gasteiger partial charge in [-0.2, -0.15) is 13.5 Å². The molecular formula is C17H17N3O5S. The second kappa shape index (κ2) is 6.68. The monoisotopic (exact) mass is 375 g/mol. The van der Waals surface area contributed by atoms with Crippen molar-refractivity contribution >= 4 is 22.1 Å². The van der Waals surface area contributed by atoms with Gasteiger partial charge in [-0.3, -0.25) is 0 Å². The average molecular weight is 375 g/mol. The zero-order valence-corrected chi connectivity index (χ0v) is 15.2. The van der Waals surface area contributed by atoms with Crippen LogP contribution in [-0.4, -0.2) is 51.9 Å². The van der Waals surface area contributed by atoms with Gasteiger partial charge in [0, 0.05) is 12.6 Å². The zero-order valence-electron chi connectivity index (χ0n) is 14.4. The SMILES string of the molecule is COc1ccc2c(c1)C(N(C)/N=C/c1ccc(O)c(OC)c1)=NS2(=O)=O. The molecule has 0 unspecified atom stereocenters. The van der Waals surface area contributed by atoms with Crippen LogP contribution in [0.4, 0.5) is 0 Å². The molecule has 1 N–H and O–H groups in total. The molecule has 2 aromatic carbocycles. The Kier molecular flexibility index (Phi) is 4.56. The van der Waals surface area contributed by atoms with E-state index < -0.39 is 10.0 Å². The summed E-state index contributed by atoms with van der Waals surface area (Å²) in [6.45, 7) is 0. The summed E-state index contributed by atoms with van der Waals surface area (Å²) in [5, 5.41) is 15.2. The van der Waals surface area contributed by atoms with Crippen molar-refractivity contribution in [1.82, 2.24) is 5.01 Å². The van der Waals surface area contributed by atoms with Crippen LogP contribution in [0.3, 0.4) is 0 Å². The number of sulfonamides is 1. The molecular weight excluding hydrogens is 358 g/mol. The molecule has 0 saturated carbocycles. The van der Waals surface area contributed by atoms with Gasteiger partial charge in [0.25, 0.3) is 10.0 Å². The fraction of sp³-hybridized carbons (Fsp3) is 0.176. The highest BCUT2D eigenvalue weighted by molar-refractivity contribution is 7.90. The van der Waals surface area contributed by atoms with Crippen molar-refractivity contribution in [3.8, 4) is 17.2 Å². The lowest BCUT2D eigenvalue weighted by atomic mass is 10.2. The van der Waals surface area contributed by atoms with Crippen molar-refractivity contribution in [2.75, 3.05) is 21.3 Å². The van der Waals surface area contributed by atoms with Crippen molar-refractivity contribution < 1.29 is 23.0 Å². The third-order valence-corrected chi connectivity index (χ3v) is 5.13. The number of hydrogen-bond acceptors (Lipinski definition) is 7. The van der Waals surface area contributed by atoms with Gasteiger partial charge in [-0.05, 0) is 42.0 Å². The summed E-state index contributed by atoms with van der Waals surface area (Å²) in [6, 6.07) is 9.38. The summed E-state index contributed by atoms with van der Waals surface area (Å²) < 4.78 is 38.4. The quantitative estimate of drug-likeness (QED) is 0.646. The minimum atomic E-state index is -3.76. The standard InChI is InChI=1S/C17H17N3O5S/c1-20(18-10-11-4-6-14(21)15(8-11)25-3)17-13-9-12(24-2)5-7-16(13)26(22,23)19-17/h4-10,21H,1-3H3/b18-10+. The Labute approximate surface area is 151 Å². The molecule has 1 heterocycles. The van der Waals surface area contributed by atoms with Crippen molar-refractivity contribution in [3.05, 3.63) is 47.5 Å². The maximum absolute atomic E-state index is 12.2. The van der Waals surface area contributed by atoms with Gasteiger partial charge >= 0.3 is 0 Å². The molecule has 0 bridgehead atoms. The first kappa shape index (κ1) is 17.7. The third-order valence-electron chi connectivity index (χ3n) is 3.80. The van der Waals surface area contributed by atoms with Crippen LogP contribution in [0.2, 0.25) is 0 Å². The second-order valence-electron chi connectivity index (χ2n) is 5.45. The van der Waals surface area contributed by atoms with E-state index in [-0.39, 0.29) is 16.5 Å². The third kappa shape index (κ3) is 3.21. The van der Waals surface area contributed by atoms with E-state index >= 15 is 0 Å². The maximum Gasteiger partial charge on any atom is 0.285 e. The second-order valence-corrected chi connectivity index (χ2v) is 7.02. The Morgan fingerprint density at radius 2 is 1.92 bits per heavy atom. The molecule has 3 rings (SSSR count). The Bertz CT molecular complexity index is 1020. The normalized spacial score (nSPS) is 14.8. The van der Waals surface area contributed by atoms with Gasteiger partial charge in [-0.1, -0.05) is 0 Å². The molecule has 136 valence electrons. The Morgan fingerprint density at radius 1 is 1.15 bits per heavy atom. The van der Waals surface area contributed by atoms with E-state index in [2.05, 4.69) is 9.50 Å². The topological polar surface area (TPSA) is 101 Å². The molecule has 0 aliphatic carbocycles. The summed E-state index contributed by atoms with van der Waals surface area (Å²) in [5.74, 6) is 1.05. The maximum atomic E-state index is 12.2. The van der Waals surface area contributed by atoms with Crippen molar-refractivity contribution in [2.45, 2.75) is 4.90 Å². The molecule has 8 nitrogen and oxygen atoms in total. The van der Waals surface area contributed by atoms with E-state index in [1.165, 1.54) is 37.6 Å². The van der Waals surface area contributed by atoms with Gasteiger partial charge < -0.3 is 14.6 Å². The molecule has 9 heteroatoms. The number of nitrogens with zero attached hydrogens (tertiary/aromatic N) is 3. The lowest BCUT2D eigenvalue weighted by Crippen LogP contribution is -2.21. The van der Waals surface area contributed by atoms with Crippen LogP contribution >= 0.6 is 0 Å². The first-order chi connectivity index (χ1) is 12.4. The number of phenolic OH excluding ortho intramolecular Hbond substituents is 1. The number of hydrogen-bond donors (Lipinski definition) is 1. The molecule has 1 aliphatic heterocycles. The molecule has 0 radical (unpaired) electrons. The summed E-state index contributed by atoms with van der Waals surface area (Å²) in [4.78, 5) is 0.113. The van der Waals surface area contributed by atoms with E-state index in [0.717, 1.165) is 0 Å². The number of benzene rings is 2. The molecule has 0 aromatic heterocycles. The van der Waals surface area contributed by atoms with Gasteiger partial charge in [0.05, 0.1) is 20.4 Å². The summed E-state index contributed by atoms with van der Waals surface area (Å²) >= 11 is 0. The van der Waals surface area contributed by atoms with Crippen LogP contribution in [0.25, 0.3) is 0 Å². The van der Waals surface area contributed by atoms with E-state index in [1.807, 2.05) is 0 Å². The minimum Gasteiger partial charge on any atom is -0.504 e. The fourth-order valence-electron chi connectivity index (χ4n) is 2.46. The molecule has 0 atom stereocenters. The molecule has 0 fully saturated rings. The Balaban J connectivity index is 1.93. The number of fused-ring (bicyclic) bond motifs is 1. The largest absolute Gasteiger partial charge is 0.504 e. The summed E-state index contributed by atoms with van der Waals surface area (Å²) in [7, 11) is 0.785. The van der Waals surface area contributed by atoms with Crippen LogP contribution < -0.4 is 9.47 Å². The predicted octanol–water partition coefficient (Wildman–Crippen LogP) is 1.82. The van der Waals surface area contributed by atoms with E-state index in [1.54, 1.807) is 31.3 Å². The number of methoxy groups -OCH3 is 2. The molecule has 0 amide bonds. The highest BCUT2D eigenvalue weighted by Gasteiger charge is 2.31. The number of ether oxygens (including phenoxy) is 2. The molecule has 26 heavy (non-hydrogen) atoms. The Hall–Kier alpha value is -3.07. The number of aromatic hydroxyl groups is 1. The fourth-order valence-corrected chi connectivity index (χ4v) is 3.67. The molecule has 2 aromatic rings. The summed E-state index contributed by atoms with van der Waals surface area (Å²) in [5.41, 5.74) is 1.09. The smallest absolute Gasteiger partial charge is 0.285 e. The van der Waals surface area contributed by atoms with Gasteiger partial charge in [-0.25, -0.2) is 5.01 Å². The highest BCUT2D eigenvalue weighted by Crippen LogP contribution is 2.30. The number of amidine groups is 1. The predicted molar refractivity (Wildman–Crippen MR) is 96.7 cm³/mol. The van der Waals surface area contributed by atoms with E-state index in [4.69, 9.17) is 9.47 Å². The first-order valence-corrected chi connectivity index (χ1v) is 8.98. The van der Waals surface area contributed by atoms with Gasteiger partial charge in [0.1, 0.15) is 10.6 Å². The summed E-state index contributed by atoms with van der Waals surface area (Å²) in [6.07, 6.45) is 1.51. The van der Waals surface area contributed by atoms with Crippen molar-refractivity contribution in [1.29, 1.82) is 0 Å². The van der Waals surface area contributed by atoms with Crippen molar-refractivity contribution in [3.63, 3.8) is 0 Å². The van der Waals surface area contributed by atoms with Crippen molar-refractivity contribution in [2.24, 2.45) is 9.50 Å². The average Bonchev–Trinajstić information content (AvgIpc) is 2.91. The molecule has 0 saturated heterocycles. The van der Waals surface area contributed by atoms with Gasteiger partial charge in [0.2, 0.25) is 0 Å². The Morgan fingerprint density at radius 3 is 2.62 bits per heavy atom. The lowest BCUT2D eigenvalue weighted by Gasteiger charge is -2.13. The van der Waals surface area contributed by atoms with Crippen LogP contribution in [0, 0.1) is 0 Å². The van der Waals surface area contributed by atoms with Gasteiger partial charge in [0.15, 0.2) is 17.3 Å². The van der Waals surface area contributed by atoms with Crippen LogP contribution in [0.5, 0.6) is 17.2 Å². The number of phenols is 1. The molecule has 1 aliphatic rings. The molecule has 0 spiro atoms. The van der Waals surface area contributed by atoms with Crippen LogP contribution in [0.1, 0.15) is 11.1 Å². The number of hydrazone groups is 1. The minimum absolute atomic E-state index is 0.0188. The van der Waals surface area contributed by atoms with Crippen LogP contribution in [-0.2, 0) is 10.0 Å². The van der Waals surface area contributed by atoms with E-state index in [0.29, 0.717) is 22.6 Å². The highest BCUT2D eigenvalue weighted by atomic mass is 32.2. The van der Waals surface area contributed by atoms with E-state index in [9.17, 15) is 13.5 Å². The van der Waals surface area contributed by atoms with Gasteiger partial charge in [-0.15, -0.1) is 4.40 Å². The lowest BCUT2D eigenvalue weighted by molar-refractivity contribution is 0.373.